The molecule has 0 aliphatic heterocycles. The van der Waals surface area contributed by atoms with Crippen LogP contribution in [0.1, 0.15) is 38.4 Å². The third-order valence-electron chi connectivity index (χ3n) is 8.77. The first-order chi connectivity index (χ1) is 24.7. The van der Waals surface area contributed by atoms with Gasteiger partial charge in [0.2, 0.25) is 29.5 Å². The molecule has 0 bridgehead atoms. The summed E-state index contributed by atoms with van der Waals surface area (Å²) < 4.78 is 1.71. The van der Waals surface area contributed by atoms with E-state index >= 15 is 0 Å². The van der Waals surface area contributed by atoms with E-state index in [-0.39, 0.29) is 44.9 Å². The third kappa shape index (κ3) is 12.3. The summed E-state index contributed by atoms with van der Waals surface area (Å²) >= 11 is 0. The molecule has 52 heavy (non-hydrogen) atoms. The van der Waals surface area contributed by atoms with Crippen LogP contribution in [0.4, 0.5) is 0 Å². The Labute approximate surface area is 303 Å². The lowest BCUT2D eigenvalue weighted by Crippen LogP contribution is -2.51. The molecular weight excluding hydrogens is 680 g/mol. The van der Waals surface area contributed by atoms with Crippen LogP contribution >= 0.6 is 0 Å². The highest BCUT2D eigenvalue weighted by Gasteiger charge is 2.34. The van der Waals surface area contributed by atoms with Gasteiger partial charge in [0.1, 0.15) is 0 Å². The van der Waals surface area contributed by atoms with Gasteiger partial charge >= 0.3 is 5.97 Å². The number of carboxylic acid groups (broad SMARTS) is 1. The molecule has 0 saturated heterocycles. The van der Waals surface area contributed by atoms with E-state index in [4.69, 9.17) is 0 Å². The molecule has 0 aliphatic carbocycles. The first-order valence-corrected chi connectivity index (χ1v) is 17.1. The van der Waals surface area contributed by atoms with Crippen LogP contribution in [0.2, 0.25) is 0 Å². The number of fused-ring (bicyclic) bond motifs is 1. The van der Waals surface area contributed by atoms with Crippen LogP contribution < -0.4 is 10.7 Å². The standard InChI is InChI=1S/C34H54N8O10/c1-6-28(46)36-20-30(48)40(14-17-44)23-32(50)41(15-18-45)22-31(49)39(13-16-43)12-11-29(47)38(5)24(2)33(34(51)52)42-26(21-37(4)35-3)19-25-9-7-8-10-27(25)42/h7-10,19,24,33,35,43-45H,6,11-18,20-23H2,1-5H3,(H,36,46)(H,51,52). The van der Waals surface area contributed by atoms with Crippen molar-refractivity contribution in [1.29, 1.82) is 0 Å². The largest absolute Gasteiger partial charge is 0.480 e. The molecule has 1 heterocycles. The Morgan fingerprint density at radius 2 is 1.37 bits per heavy atom. The highest BCUT2D eigenvalue weighted by Crippen LogP contribution is 2.29. The first kappa shape index (κ1) is 43.5. The van der Waals surface area contributed by atoms with Crippen LogP contribution in [0.15, 0.2) is 30.3 Å². The fraction of sp³-hybridized carbons (Fsp3) is 0.588. The Kier molecular flexibility index (Phi) is 18.2. The van der Waals surface area contributed by atoms with Gasteiger partial charge in [0.05, 0.1) is 52.0 Å². The first-order valence-electron chi connectivity index (χ1n) is 17.1. The molecule has 290 valence electrons. The van der Waals surface area contributed by atoms with Crippen LogP contribution in [0.3, 0.4) is 0 Å². The summed E-state index contributed by atoms with van der Waals surface area (Å²) in [7, 11) is 5.05. The number of carbonyl (C=O) groups excluding carboxylic acids is 5. The minimum Gasteiger partial charge on any atom is -0.480 e. The lowest BCUT2D eigenvalue weighted by atomic mass is 10.1. The molecule has 1 aromatic heterocycles. The Bertz CT molecular complexity index is 1520. The summed E-state index contributed by atoms with van der Waals surface area (Å²) in [5.74, 6) is -3.96. The lowest BCUT2D eigenvalue weighted by molar-refractivity contribution is -0.145. The molecule has 6 N–H and O–H groups in total. The van der Waals surface area contributed by atoms with Crippen molar-refractivity contribution in [3.8, 4) is 0 Å². The quantitative estimate of drug-likeness (QED) is 0.0686. The maximum atomic E-state index is 13.5. The van der Waals surface area contributed by atoms with Gasteiger partial charge in [0.25, 0.3) is 0 Å². The lowest BCUT2D eigenvalue weighted by Gasteiger charge is -2.33. The number of amides is 5. The van der Waals surface area contributed by atoms with E-state index in [1.807, 2.05) is 37.4 Å². The molecular formula is C34H54N8O10. The zero-order valence-corrected chi connectivity index (χ0v) is 30.7. The zero-order chi connectivity index (χ0) is 39.0. The maximum absolute atomic E-state index is 13.5. The summed E-state index contributed by atoms with van der Waals surface area (Å²) in [5, 5.41) is 44.2. The van der Waals surface area contributed by atoms with Crippen molar-refractivity contribution in [2.75, 3.05) is 86.8 Å². The molecule has 2 unspecified atom stereocenters. The number of hydrazine groups is 1. The molecule has 0 fully saturated rings. The van der Waals surface area contributed by atoms with Gasteiger partial charge in [-0.25, -0.2) is 9.80 Å². The molecule has 5 amide bonds. The topological polar surface area (TPSA) is 229 Å². The smallest absolute Gasteiger partial charge is 0.328 e. The second-order valence-electron chi connectivity index (χ2n) is 12.2. The van der Waals surface area contributed by atoms with Crippen molar-refractivity contribution in [3.05, 3.63) is 36.0 Å². The number of hydrogen-bond acceptors (Lipinski definition) is 11. The number of carboxylic acids is 1. The van der Waals surface area contributed by atoms with Gasteiger partial charge in [0.15, 0.2) is 6.04 Å². The Balaban J connectivity index is 2.19. The highest BCUT2D eigenvalue weighted by molar-refractivity contribution is 5.90. The average molecular weight is 735 g/mol. The number of aromatic nitrogens is 1. The normalized spacial score (nSPS) is 12.3. The second kappa shape index (κ2) is 21.7. The summed E-state index contributed by atoms with van der Waals surface area (Å²) in [4.78, 5) is 81.6. The third-order valence-corrected chi connectivity index (χ3v) is 8.77. The molecule has 2 atom stereocenters. The number of aliphatic hydroxyl groups is 3. The number of rotatable bonds is 23. The number of aliphatic carboxylic acids is 1. The van der Waals surface area contributed by atoms with Gasteiger partial charge in [-0.3, -0.25) is 29.4 Å². The highest BCUT2D eigenvalue weighted by atomic mass is 16.4. The van der Waals surface area contributed by atoms with E-state index in [0.717, 1.165) is 15.2 Å². The number of hydrogen-bond donors (Lipinski definition) is 6. The SMILES string of the molecule is CCC(=O)NCC(=O)N(CCO)CC(=O)N(CCO)CC(=O)N(CCO)CCC(=O)N(C)C(C)C(C(=O)O)n1c(CN(C)NC)cc2ccccc21. The molecule has 1 aromatic carbocycles. The predicted molar refractivity (Wildman–Crippen MR) is 190 cm³/mol. The van der Waals surface area contributed by atoms with Crippen LogP contribution in [-0.4, -0.2) is 178 Å². The number of likely N-dealkylation sites (N-methyl/N-ethyl adjacent to an activating group) is 1. The Morgan fingerprint density at radius 3 is 1.92 bits per heavy atom. The Morgan fingerprint density at radius 1 is 0.808 bits per heavy atom. The summed E-state index contributed by atoms with van der Waals surface area (Å²) in [5.41, 5.74) is 4.41. The van der Waals surface area contributed by atoms with Crippen molar-refractivity contribution in [3.63, 3.8) is 0 Å². The number of nitrogens with zero attached hydrogens (tertiary/aromatic N) is 6. The van der Waals surface area contributed by atoms with E-state index in [9.17, 15) is 49.2 Å². The predicted octanol–water partition coefficient (Wildman–Crippen LogP) is -1.94. The van der Waals surface area contributed by atoms with Gasteiger partial charge in [-0.05, 0) is 31.5 Å². The molecule has 0 spiro atoms. The van der Waals surface area contributed by atoms with Crippen molar-refractivity contribution < 1.29 is 49.2 Å². The second-order valence-corrected chi connectivity index (χ2v) is 12.2. The fourth-order valence-electron chi connectivity index (χ4n) is 5.63. The van der Waals surface area contributed by atoms with Gasteiger partial charge in [-0.1, -0.05) is 25.1 Å². The van der Waals surface area contributed by atoms with Crippen LogP contribution in [0.5, 0.6) is 0 Å². The average Bonchev–Trinajstić information content (AvgIpc) is 3.47. The van der Waals surface area contributed by atoms with E-state index in [0.29, 0.717) is 17.8 Å². The summed E-state index contributed by atoms with van der Waals surface area (Å²) in [6.07, 6.45) is -0.0785. The minimum absolute atomic E-state index is 0.147. The van der Waals surface area contributed by atoms with E-state index < -0.39 is 81.1 Å². The molecule has 0 aliphatic rings. The Hall–Kier alpha value is -4.62. The molecule has 18 nitrogen and oxygen atoms in total. The monoisotopic (exact) mass is 734 g/mol. The number of nitrogens with one attached hydrogen (secondary N) is 2. The van der Waals surface area contributed by atoms with Crippen LogP contribution in [-0.2, 0) is 35.3 Å². The molecule has 2 rings (SSSR count). The number of aliphatic hydroxyl groups excluding tert-OH is 3. The van der Waals surface area contributed by atoms with E-state index in [2.05, 4.69) is 10.7 Å². The van der Waals surface area contributed by atoms with E-state index in [1.165, 1.54) is 16.8 Å². The molecule has 2 aromatic rings. The van der Waals surface area contributed by atoms with Gasteiger partial charge in [-0.2, -0.15) is 0 Å². The molecule has 0 radical (unpaired) electrons. The number of para-hydroxylation sites is 1. The number of carbonyl (C=O) groups is 6. The summed E-state index contributed by atoms with van der Waals surface area (Å²) in [6, 6.07) is 7.28. The summed E-state index contributed by atoms with van der Waals surface area (Å²) in [6.45, 7) is -0.0864. The number of benzene rings is 1. The van der Waals surface area contributed by atoms with Crippen molar-refractivity contribution in [2.24, 2.45) is 0 Å². The maximum Gasteiger partial charge on any atom is 0.328 e. The van der Waals surface area contributed by atoms with Crippen LogP contribution in [0, 0.1) is 0 Å². The molecule has 0 saturated carbocycles. The van der Waals surface area contributed by atoms with Gasteiger partial charge < -0.3 is 49.9 Å². The van der Waals surface area contributed by atoms with Crippen molar-refractivity contribution in [2.45, 2.75) is 45.3 Å². The van der Waals surface area contributed by atoms with Gasteiger partial charge in [0, 0.05) is 64.3 Å². The van der Waals surface area contributed by atoms with Crippen molar-refractivity contribution in [1.82, 2.24) is 39.9 Å². The molecule has 18 heteroatoms. The van der Waals surface area contributed by atoms with Crippen molar-refractivity contribution >= 4 is 46.4 Å². The van der Waals surface area contributed by atoms with E-state index in [1.54, 1.807) is 30.5 Å². The zero-order valence-electron chi connectivity index (χ0n) is 30.7. The minimum atomic E-state index is -1.16. The van der Waals surface area contributed by atoms with Crippen LogP contribution in [0.25, 0.3) is 10.9 Å². The van der Waals surface area contributed by atoms with Gasteiger partial charge in [-0.15, -0.1) is 0 Å². The fourth-order valence-corrected chi connectivity index (χ4v) is 5.63.